The zero-order valence-corrected chi connectivity index (χ0v) is 10.1. The molecule has 4 fully saturated rings. The second kappa shape index (κ2) is 3.34. The monoisotopic (exact) mass is 230 g/mol. The molecule has 0 saturated heterocycles. The predicted molar refractivity (Wildman–Crippen MR) is 66.3 cm³/mol. The van der Waals surface area contributed by atoms with Gasteiger partial charge < -0.3 is 0 Å². The standard InChI is InChI=1S/C16H19F/c17-16(13-4-2-1-3-5-13)14-7-11-6-12(9-14)10-15(16)8-11/h1-5,11-12,14-15H,6-10H2. The van der Waals surface area contributed by atoms with E-state index in [2.05, 4.69) is 0 Å². The Bertz CT molecular complexity index is 394. The molecule has 4 aliphatic rings. The summed E-state index contributed by atoms with van der Waals surface area (Å²) in [6.45, 7) is 0. The molecular weight excluding hydrogens is 211 g/mol. The molecular formula is C16H19F. The summed E-state index contributed by atoms with van der Waals surface area (Å²) in [6, 6.07) is 9.97. The number of halogens is 1. The molecule has 0 spiro atoms. The molecule has 0 N–H and O–H groups in total. The van der Waals surface area contributed by atoms with E-state index in [-0.39, 0.29) is 0 Å². The van der Waals surface area contributed by atoms with Gasteiger partial charge in [-0.3, -0.25) is 0 Å². The lowest BCUT2D eigenvalue weighted by molar-refractivity contribution is -0.131. The van der Waals surface area contributed by atoms with E-state index in [1.54, 1.807) is 0 Å². The molecule has 0 heterocycles. The van der Waals surface area contributed by atoms with Crippen LogP contribution in [0, 0.1) is 23.7 Å². The molecule has 1 heteroatoms. The van der Waals surface area contributed by atoms with Crippen molar-refractivity contribution >= 4 is 0 Å². The van der Waals surface area contributed by atoms with Crippen LogP contribution >= 0.6 is 0 Å². The van der Waals surface area contributed by atoms with Crippen molar-refractivity contribution < 1.29 is 4.39 Å². The van der Waals surface area contributed by atoms with E-state index in [1.807, 2.05) is 30.3 Å². The Morgan fingerprint density at radius 2 is 1.35 bits per heavy atom. The molecule has 90 valence electrons. The topological polar surface area (TPSA) is 0 Å². The SMILES string of the molecule is FC1(c2ccccc2)C2CC3CC(C2)CC1C3. The molecule has 4 saturated carbocycles. The van der Waals surface area contributed by atoms with E-state index in [4.69, 9.17) is 0 Å². The average molecular weight is 230 g/mol. The molecule has 0 radical (unpaired) electrons. The van der Waals surface area contributed by atoms with E-state index < -0.39 is 5.67 Å². The van der Waals surface area contributed by atoms with Gasteiger partial charge in [0.15, 0.2) is 0 Å². The fraction of sp³-hybridized carbons (Fsp3) is 0.625. The van der Waals surface area contributed by atoms with E-state index in [9.17, 15) is 0 Å². The van der Waals surface area contributed by atoms with Gasteiger partial charge in [-0.15, -0.1) is 0 Å². The quantitative estimate of drug-likeness (QED) is 0.674. The Balaban J connectivity index is 1.78. The Kier molecular flexibility index (Phi) is 1.98. The van der Waals surface area contributed by atoms with Crippen LogP contribution in [-0.4, -0.2) is 0 Å². The molecule has 1 aromatic rings. The maximum atomic E-state index is 15.6. The normalized spacial score (nSPS) is 47.4. The van der Waals surface area contributed by atoms with Gasteiger partial charge in [-0.25, -0.2) is 4.39 Å². The van der Waals surface area contributed by atoms with Crippen LogP contribution in [0.25, 0.3) is 0 Å². The molecule has 17 heavy (non-hydrogen) atoms. The Morgan fingerprint density at radius 1 is 0.824 bits per heavy atom. The lowest BCUT2D eigenvalue weighted by Gasteiger charge is -2.57. The number of rotatable bonds is 1. The highest BCUT2D eigenvalue weighted by atomic mass is 19.1. The third-order valence-corrected chi connectivity index (χ3v) is 5.54. The summed E-state index contributed by atoms with van der Waals surface area (Å²) >= 11 is 0. The molecule has 0 atom stereocenters. The average Bonchev–Trinajstić information content (AvgIpc) is 2.36. The van der Waals surface area contributed by atoms with Crippen LogP contribution < -0.4 is 0 Å². The zero-order chi connectivity index (χ0) is 11.5. The van der Waals surface area contributed by atoms with Crippen molar-refractivity contribution in [3.8, 4) is 0 Å². The molecule has 4 aliphatic carbocycles. The van der Waals surface area contributed by atoms with Crippen molar-refractivity contribution in [1.29, 1.82) is 0 Å². The first-order valence-corrected chi connectivity index (χ1v) is 7.01. The summed E-state index contributed by atoms with van der Waals surface area (Å²) < 4.78 is 15.6. The van der Waals surface area contributed by atoms with E-state index >= 15 is 4.39 Å². The summed E-state index contributed by atoms with van der Waals surface area (Å²) in [6.07, 6.45) is 5.94. The van der Waals surface area contributed by atoms with Crippen molar-refractivity contribution in [2.24, 2.45) is 23.7 Å². The van der Waals surface area contributed by atoms with E-state index in [0.29, 0.717) is 11.8 Å². The number of hydrogen-bond donors (Lipinski definition) is 0. The van der Waals surface area contributed by atoms with Crippen LogP contribution in [-0.2, 0) is 5.67 Å². The van der Waals surface area contributed by atoms with Crippen LogP contribution in [0.4, 0.5) is 4.39 Å². The minimum atomic E-state index is -1.01. The van der Waals surface area contributed by atoms with Gasteiger partial charge in [0.2, 0.25) is 0 Å². The molecule has 0 aliphatic heterocycles. The minimum Gasteiger partial charge on any atom is -0.238 e. The fourth-order valence-corrected chi connectivity index (χ4v) is 5.04. The first-order chi connectivity index (χ1) is 8.27. The van der Waals surface area contributed by atoms with Crippen LogP contribution in [0.5, 0.6) is 0 Å². The molecule has 0 aromatic heterocycles. The largest absolute Gasteiger partial charge is 0.238 e. The molecule has 1 aromatic carbocycles. The van der Waals surface area contributed by atoms with Gasteiger partial charge in [-0.05, 0) is 61.3 Å². The van der Waals surface area contributed by atoms with Crippen LogP contribution in [0.2, 0.25) is 0 Å². The van der Waals surface area contributed by atoms with Crippen molar-refractivity contribution in [2.75, 3.05) is 0 Å². The highest BCUT2D eigenvalue weighted by Crippen LogP contribution is 2.63. The number of benzene rings is 1. The molecule has 0 unspecified atom stereocenters. The third kappa shape index (κ3) is 1.29. The zero-order valence-electron chi connectivity index (χ0n) is 10.1. The maximum absolute atomic E-state index is 15.6. The van der Waals surface area contributed by atoms with Gasteiger partial charge in [0.25, 0.3) is 0 Å². The highest BCUT2D eigenvalue weighted by Gasteiger charge is 2.58. The Hall–Kier alpha value is -0.850. The Labute approximate surface area is 102 Å². The summed E-state index contributed by atoms with van der Waals surface area (Å²) in [7, 11) is 0. The van der Waals surface area contributed by atoms with Crippen molar-refractivity contribution in [1.82, 2.24) is 0 Å². The van der Waals surface area contributed by atoms with Gasteiger partial charge >= 0.3 is 0 Å². The summed E-state index contributed by atoms with van der Waals surface area (Å²) in [5.41, 5.74) is -0.0527. The van der Waals surface area contributed by atoms with Crippen LogP contribution in [0.1, 0.15) is 37.7 Å². The number of hydrogen-bond acceptors (Lipinski definition) is 0. The molecule has 0 nitrogen and oxygen atoms in total. The Morgan fingerprint density at radius 3 is 1.88 bits per heavy atom. The van der Waals surface area contributed by atoms with Gasteiger partial charge in [-0.1, -0.05) is 30.3 Å². The maximum Gasteiger partial charge on any atom is 0.141 e. The first-order valence-electron chi connectivity index (χ1n) is 7.01. The van der Waals surface area contributed by atoms with Gasteiger partial charge in [-0.2, -0.15) is 0 Å². The van der Waals surface area contributed by atoms with Crippen LogP contribution in [0.15, 0.2) is 30.3 Å². The van der Waals surface area contributed by atoms with Gasteiger partial charge in [0.1, 0.15) is 5.67 Å². The smallest absolute Gasteiger partial charge is 0.141 e. The number of alkyl halides is 1. The van der Waals surface area contributed by atoms with Gasteiger partial charge in [0.05, 0.1) is 0 Å². The van der Waals surface area contributed by atoms with Gasteiger partial charge in [0, 0.05) is 0 Å². The highest BCUT2D eigenvalue weighted by molar-refractivity contribution is 5.27. The summed E-state index contributed by atoms with van der Waals surface area (Å²) in [5, 5.41) is 0. The van der Waals surface area contributed by atoms with E-state index in [1.165, 1.54) is 6.42 Å². The molecule has 0 amide bonds. The van der Waals surface area contributed by atoms with Crippen LogP contribution in [0.3, 0.4) is 0 Å². The lowest BCUT2D eigenvalue weighted by atomic mass is 9.49. The van der Waals surface area contributed by atoms with Crippen molar-refractivity contribution in [3.05, 3.63) is 35.9 Å². The second-order valence-electron chi connectivity index (χ2n) is 6.44. The predicted octanol–water partition coefficient (Wildman–Crippen LogP) is 4.31. The third-order valence-electron chi connectivity index (χ3n) is 5.54. The molecule has 5 rings (SSSR count). The van der Waals surface area contributed by atoms with Crippen molar-refractivity contribution in [2.45, 2.75) is 37.8 Å². The molecule has 4 bridgehead atoms. The lowest BCUT2D eigenvalue weighted by Crippen LogP contribution is -2.53. The van der Waals surface area contributed by atoms with Crippen molar-refractivity contribution in [3.63, 3.8) is 0 Å². The summed E-state index contributed by atoms with van der Waals surface area (Å²) in [5.74, 6) is 2.29. The first kappa shape index (κ1) is 10.1. The minimum absolute atomic E-state index is 0.307. The summed E-state index contributed by atoms with van der Waals surface area (Å²) in [4.78, 5) is 0. The second-order valence-corrected chi connectivity index (χ2v) is 6.44. The fourth-order valence-electron chi connectivity index (χ4n) is 5.04. The van der Waals surface area contributed by atoms with E-state index in [0.717, 1.165) is 43.1 Å².